The molecule has 300 valence electrons. The molecule has 3 aromatic rings. The van der Waals surface area contributed by atoms with Crippen molar-refractivity contribution in [3.05, 3.63) is 57.8 Å². The lowest BCUT2D eigenvalue weighted by Gasteiger charge is -2.29. The van der Waals surface area contributed by atoms with Crippen molar-refractivity contribution in [2.24, 2.45) is 11.3 Å². The number of allylic oxidation sites excluding steroid dienone is 2. The molecule has 5 atom stereocenters. The second kappa shape index (κ2) is 16.2. The highest BCUT2D eigenvalue weighted by Gasteiger charge is 2.61. The molecule has 0 radical (unpaired) electrons. The average Bonchev–Trinajstić information content (AvgIpc) is 4.05. The van der Waals surface area contributed by atoms with E-state index >= 15 is 0 Å². The number of hydrogen-bond acceptors (Lipinski definition) is 11. The third-order valence-corrected chi connectivity index (χ3v) is 14.2. The van der Waals surface area contributed by atoms with E-state index in [2.05, 4.69) is 10.0 Å². The number of rotatable bonds is 10. The molecule has 2 aromatic heterocycles. The fourth-order valence-corrected chi connectivity index (χ4v) is 10.2. The Morgan fingerprint density at radius 1 is 1.05 bits per heavy atom. The molecule has 56 heavy (non-hydrogen) atoms. The number of amides is 3. The summed E-state index contributed by atoms with van der Waals surface area (Å²) in [6.45, 7) is 6.07. The maximum atomic E-state index is 14.7. The molecule has 4 heterocycles. The Labute approximate surface area is 331 Å². The van der Waals surface area contributed by atoms with Crippen LogP contribution in [-0.2, 0) is 24.4 Å². The van der Waals surface area contributed by atoms with Crippen LogP contribution in [0.2, 0.25) is 0 Å². The normalized spacial score (nSPS) is 26.3. The lowest BCUT2D eigenvalue weighted by atomic mass is 9.91. The molecule has 2 saturated carbocycles. The molecule has 3 fully saturated rings. The first-order valence-corrected chi connectivity index (χ1v) is 21.9. The summed E-state index contributed by atoms with van der Waals surface area (Å²) in [6, 6.07) is 7.07. The largest absolute Gasteiger partial charge is 0.496 e. The Kier molecular flexibility index (Phi) is 11.5. The number of nitrogens with one attached hydrogen (secondary N) is 2. The molecule has 4 aliphatic rings. The van der Waals surface area contributed by atoms with E-state index in [1.807, 2.05) is 51.1 Å². The monoisotopic (exact) mass is 806 g/mol. The number of carbonyl (C=O) groups is 4. The number of benzene rings is 1. The molecule has 13 nitrogen and oxygen atoms in total. The van der Waals surface area contributed by atoms with Crippen molar-refractivity contribution in [1.29, 1.82) is 0 Å². The van der Waals surface area contributed by atoms with Gasteiger partial charge in [-0.1, -0.05) is 25.0 Å². The van der Waals surface area contributed by atoms with Gasteiger partial charge < -0.3 is 24.4 Å². The van der Waals surface area contributed by atoms with Gasteiger partial charge in [0.2, 0.25) is 27.7 Å². The van der Waals surface area contributed by atoms with Crippen LogP contribution in [0, 0.1) is 25.2 Å². The maximum Gasteiger partial charge on any atom is 0.262 e. The second-order valence-corrected chi connectivity index (χ2v) is 18.7. The number of aromatic nitrogens is 1. The standard InChI is InChI=1S/C41H50N4O9S2/c1-5-53-36-20-34(29-16-17-33(52-4)25(3)37(29)43-36)54-27-19-31-32(46)22-41(40(49)44-56(50,51)28-14-15-28)21-26(41)11-9-7-6-8-10-12-30(39(48)45(31)23-27)42-38(47)35-18-13-24(2)55-35/h9,11,13,16-18,20,26-28,30-31H,5-8,10,12,14-15,19,21-23H2,1-4H3,(H,42,47)(H,44,49)/b11-9-/t26-,27-,30+,31+,41-/m1/s1. The summed E-state index contributed by atoms with van der Waals surface area (Å²) in [7, 11) is -2.27. The van der Waals surface area contributed by atoms with E-state index in [0.29, 0.717) is 71.9 Å². The van der Waals surface area contributed by atoms with Crippen molar-refractivity contribution in [2.45, 2.75) is 108 Å². The minimum Gasteiger partial charge on any atom is -0.496 e. The Hall–Kier alpha value is -4.50. The lowest BCUT2D eigenvalue weighted by molar-refractivity contribution is -0.140. The summed E-state index contributed by atoms with van der Waals surface area (Å²) in [5.74, 6) is -0.648. The molecular formula is C41H50N4O9S2. The first kappa shape index (κ1) is 39.7. The number of sulfonamides is 1. The fourth-order valence-electron chi connectivity index (χ4n) is 8.05. The number of fused-ring (bicyclic) bond motifs is 3. The Bertz CT molecular complexity index is 2160. The number of Topliss-reactive ketones (excluding diaryl/α,β-unsaturated/α-hetero) is 1. The van der Waals surface area contributed by atoms with Crippen LogP contribution in [-0.4, -0.2) is 85.5 Å². The Morgan fingerprint density at radius 2 is 1.86 bits per heavy atom. The number of nitrogens with zero attached hydrogens (tertiary/aromatic N) is 2. The predicted molar refractivity (Wildman–Crippen MR) is 212 cm³/mol. The van der Waals surface area contributed by atoms with Crippen molar-refractivity contribution in [3.8, 4) is 17.4 Å². The van der Waals surface area contributed by atoms with Crippen molar-refractivity contribution in [2.75, 3.05) is 20.3 Å². The molecular weight excluding hydrogens is 757 g/mol. The van der Waals surface area contributed by atoms with Gasteiger partial charge >= 0.3 is 0 Å². The van der Waals surface area contributed by atoms with E-state index in [9.17, 15) is 27.6 Å². The molecule has 15 heteroatoms. The zero-order valence-corrected chi connectivity index (χ0v) is 33.9. The van der Waals surface area contributed by atoms with E-state index < -0.39 is 50.7 Å². The molecule has 1 saturated heterocycles. The summed E-state index contributed by atoms with van der Waals surface area (Å²) in [4.78, 5) is 64.3. The fraction of sp³-hybridized carbons (Fsp3) is 0.537. The summed E-state index contributed by atoms with van der Waals surface area (Å²) >= 11 is 1.34. The van der Waals surface area contributed by atoms with Gasteiger partial charge in [-0.2, -0.15) is 0 Å². The summed E-state index contributed by atoms with van der Waals surface area (Å²) in [6.07, 6.45) is 7.88. The van der Waals surface area contributed by atoms with Crippen LogP contribution in [0.1, 0.15) is 91.2 Å². The van der Waals surface area contributed by atoms with E-state index in [1.54, 1.807) is 19.2 Å². The third kappa shape index (κ3) is 8.29. The number of methoxy groups -OCH3 is 1. The van der Waals surface area contributed by atoms with E-state index in [-0.39, 0.29) is 37.0 Å². The quantitative estimate of drug-likeness (QED) is 0.247. The molecule has 7 rings (SSSR count). The van der Waals surface area contributed by atoms with Crippen LogP contribution in [0.4, 0.5) is 0 Å². The number of pyridine rings is 1. The Morgan fingerprint density at radius 3 is 2.57 bits per heavy atom. The number of aryl methyl sites for hydroxylation is 2. The topological polar surface area (TPSA) is 170 Å². The molecule has 1 aromatic carbocycles. The first-order chi connectivity index (χ1) is 26.8. The van der Waals surface area contributed by atoms with Crippen LogP contribution in [0.15, 0.2) is 42.5 Å². The molecule has 3 amide bonds. The van der Waals surface area contributed by atoms with E-state index in [1.165, 1.54) is 16.2 Å². The van der Waals surface area contributed by atoms with Crippen molar-refractivity contribution in [1.82, 2.24) is 19.9 Å². The zero-order valence-electron chi connectivity index (χ0n) is 32.3. The van der Waals surface area contributed by atoms with Crippen LogP contribution < -0.4 is 24.2 Å². The van der Waals surface area contributed by atoms with Gasteiger partial charge in [-0.05, 0) is 89.5 Å². The van der Waals surface area contributed by atoms with Gasteiger partial charge in [0, 0.05) is 34.7 Å². The van der Waals surface area contributed by atoms with Crippen molar-refractivity contribution in [3.63, 3.8) is 0 Å². The number of hydrogen-bond donors (Lipinski definition) is 2. The van der Waals surface area contributed by atoms with Gasteiger partial charge in [-0.3, -0.25) is 23.9 Å². The minimum atomic E-state index is -3.86. The number of ketones is 1. The molecule has 0 bridgehead atoms. The van der Waals surface area contributed by atoms with Gasteiger partial charge in [0.05, 0.1) is 47.4 Å². The first-order valence-electron chi connectivity index (χ1n) is 19.5. The molecule has 0 unspecified atom stereocenters. The van der Waals surface area contributed by atoms with E-state index in [0.717, 1.165) is 29.7 Å². The lowest BCUT2D eigenvalue weighted by Crippen LogP contribution is -2.52. The average molecular weight is 807 g/mol. The Balaban J connectivity index is 1.22. The summed E-state index contributed by atoms with van der Waals surface area (Å²) in [5.41, 5.74) is 0.165. The summed E-state index contributed by atoms with van der Waals surface area (Å²) < 4.78 is 46.2. The maximum absolute atomic E-state index is 14.7. The highest BCUT2D eigenvalue weighted by molar-refractivity contribution is 7.90. The smallest absolute Gasteiger partial charge is 0.262 e. The minimum absolute atomic E-state index is 0.0429. The highest BCUT2D eigenvalue weighted by Crippen LogP contribution is 2.57. The molecule has 2 N–H and O–H groups in total. The van der Waals surface area contributed by atoms with Crippen LogP contribution in [0.25, 0.3) is 10.9 Å². The number of carbonyl (C=O) groups excluding carboxylic acids is 4. The van der Waals surface area contributed by atoms with Crippen LogP contribution >= 0.6 is 11.3 Å². The van der Waals surface area contributed by atoms with Gasteiger partial charge in [0.15, 0.2) is 5.78 Å². The molecule has 0 spiro atoms. The van der Waals surface area contributed by atoms with Gasteiger partial charge in [0.25, 0.3) is 5.91 Å². The van der Waals surface area contributed by atoms with Crippen molar-refractivity contribution >= 4 is 55.8 Å². The highest BCUT2D eigenvalue weighted by atomic mass is 32.2. The number of ether oxygens (including phenoxy) is 3. The molecule has 2 aliphatic heterocycles. The zero-order chi connectivity index (χ0) is 39.8. The van der Waals surface area contributed by atoms with Crippen molar-refractivity contribution < 1.29 is 41.8 Å². The predicted octanol–water partition coefficient (Wildman–Crippen LogP) is 5.56. The molecule has 2 aliphatic carbocycles. The van der Waals surface area contributed by atoms with Gasteiger partial charge in [-0.15, -0.1) is 11.3 Å². The van der Waals surface area contributed by atoms with Gasteiger partial charge in [-0.25, -0.2) is 13.4 Å². The van der Waals surface area contributed by atoms with Crippen LogP contribution in [0.3, 0.4) is 0 Å². The van der Waals surface area contributed by atoms with E-state index in [4.69, 9.17) is 19.2 Å². The second-order valence-electron chi connectivity index (χ2n) is 15.5. The summed E-state index contributed by atoms with van der Waals surface area (Å²) in [5, 5.41) is 3.08. The van der Waals surface area contributed by atoms with Crippen LogP contribution in [0.5, 0.6) is 17.4 Å². The SMILES string of the molecule is CCOc1cc(O[C@@H]2C[C@H]3C(=O)C[C@]4(C(=O)NS(=O)(=O)C5CC5)C[C@H]4/C=C\CCCCC[C@H](NC(=O)c4ccc(C)s4)C(=O)N3C2)c2ccc(OC)c(C)c2n1. The number of thiophene rings is 1. The third-order valence-electron chi connectivity index (χ3n) is 11.4. The van der Waals surface area contributed by atoms with Gasteiger partial charge in [0.1, 0.15) is 23.6 Å².